The van der Waals surface area contributed by atoms with Crippen molar-refractivity contribution in [3.05, 3.63) is 47.3 Å². The van der Waals surface area contributed by atoms with Crippen molar-refractivity contribution in [2.75, 3.05) is 39.0 Å². The van der Waals surface area contributed by atoms with Gasteiger partial charge in [-0.3, -0.25) is 9.69 Å². The topological polar surface area (TPSA) is 105 Å². The number of carbonyl (C=O) groups excluding carboxylic acids is 2. The summed E-state index contributed by atoms with van der Waals surface area (Å²) in [6.07, 6.45) is 8.04. The van der Waals surface area contributed by atoms with Gasteiger partial charge in [-0.25, -0.2) is 4.79 Å². The molecule has 1 amide bonds. The highest BCUT2D eigenvalue weighted by molar-refractivity contribution is 5.96. The standard InChI is InChI=1S/C24H29N5O3/c1-32-24(31)22-21(26)18(15-25)16-29(22)20-9-7-17(8-10-20)23(30)28-13-11-27(12-14-28)19-5-3-2-4-6-19/h7-10,16,19H,2-6,11-14,26H2,1H3. The number of piperazine rings is 1. The average Bonchev–Trinajstić information content (AvgIpc) is 3.20. The largest absolute Gasteiger partial charge is 0.464 e. The molecular formula is C24H29N5O3. The molecule has 2 aromatic rings. The number of hydrogen-bond acceptors (Lipinski definition) is 6. The Balaban J connectivity index is 1.46. The van der Waals surface area contributed by atoms with Crippen LogP contribution in [0, 0.1) is 11.3 Å². The predicted molar refractivity (Wildman–Crippen MR) is 121 cm³/mol. The second-order valence-corrected chi connectivity index (χ2v) is 8.45. The zero-order valence-corrected chi connectivity index (χ0v) is 18.4. The summed E-state index contributed by atoms with van der Waals surface area (Å²) in [6, 6.07) is 9.65. The monoisotopic (exact) mass is 435 g/mol. The van der Waals surface area contributed by atoms with Crippen molar-refractivity contribution in [3.8, 4) is 11.8 Å². The van der Waals surface area contributed by atoms with Gasteiger partial charge in [-0.2, -0.15) is 5.26 Å². The van der Waals surface area contributed by atoms with Crippen LogP contribution in [-0.4, -0.2) is 65.6 Å². The smallest absolute Gasteiger partial charge is 0.357 e. The molecule has 1 aliphatic heterocycles. The van der Waals surface area contributed by atoms with E-state index in [1.807, 2.05) is 11.0 Å². The molecule has 0 atom stereocenters. The predicted octanol–water partition coefficient (Wildman–Crippen LogP) is 2.81. The van der Waals surface area contributed by atoms with E-state index in [1.165, 1.54) is 50.0 Å². The lowest BCUT2D eigenvalue weighted by molar-refractivity contribution is 0.0522. The molecule has 0 bridgehead atoms. The Labute approximate surface area is 188 Å². The molecule has 2 heterocycles. The number of nitriles is 1. The lowest BCUT2D eigenvalue weighted by atomic mass is 9.94. The molecule has 8 heteroatoms. The normalized spacial score (nSPS) is 17.7. The first-order valence-electron chi connectivity index (χ1n) is 11.2. The van der Waals surface area contributed by atoms with Gasteiger partial charge >= 0.3 is 5.97 Å². The van der Waals surface area contributed by atoms with Gasteiger partial charge in [0.15, 0.2) is 5.69 Å². The Bertz CT molecular complexity index is 1020. The van der Waals surface area contributed by atoms with Gasteiger partial charge in [0.25, 0.3) is 5.91 Å². The van der Waals surface area contributed by atoms with E-state index in [9.17, 15) is 14.9 Å². The zero-order chi connectivity index (χ0) is 22.7. The van der Waals surface area contributed by atoms with E-state index >= 15 is 0 Å². The number of benzene rings is 1. The minimum absolute atomic E-state index is 0.0118. The van der Waals surface area contributed by atoms with Crippen molar-refractivity contribution in [2.45, 2.75) is 38.1 Å². The molecule has 1 saturated carbocycles. The SMILES string of the molecule is COC(=O)c1c(N)c(C#N)cn1-c1ccc(C(=O)N2CCN(C3CCCCC3)CC2)cc1. The molecule has 0 unspecified atom stereocenters. The lowest BCUT2D eigenvalue weighted by Gasteiger charge is -2.40. The van der Waals surface area contributed by atoms with Gasteiger partial charge in [-0.15, -0.1) is 0 Å². The number of ether oxygens (including phenoxy) is 1. The summed E-state index contributed by atoms with van der Waals surface area (Å²) in [5.74, 6) is -0.613. The maximum Gasteiger partial charge on any atom is 0.357 e. The summed E-state index contributed by atoms with van der Waals surface area (Å²) >= 11 is 0. The van der Waals surface area contributed by atoms with Crippen LogP contribution in [0.2, 0.25) is 0 Å². The van der Waals surface area contributed by atoms with E-state index < -0.39 is 5.97 Å². The molecule has 2 aliphatic rings. The number of nitrogens with zero attached hydrogens (tertiary/aromatic N) is 4. The van der Waals surface area contributed by atoms with Crippen molar-refractivity contribution in [3.63, 3.8) is 0 Å². The van der Waals surface area contributed by atoms with E-state index in [-0.39, 0.29) is 22.9 Å². The third-order valence-electron chi connectivity index (χ3n) is 6.63. The molecule has 0 radical (unpaired) electrons. The Morgan fingerprint density at radius 2 is 1.72 bits per heavy atom. The molecule has 2 N–H and O–H groups in total. The van der Waals surface area contributed by atoms with Crippen molar-refractivity contribution in [2.24, 2.45) is 0 Å². The molecule has 4 rings (SSSR count). The molecule has 8 nitrogen and oxygen atoms in total. The Morgan fingerprint density at radius 1 is 1.06 bits per heavy atom. The highest BCUT2D eigenvalue weighted by Gasteiger charge is 2.28. The minimum Gasteiger partial charge on any atom is -0.464 e. The molecule has 0 spiro atoms. The Kier molecular flexibility index (Phi) is 6.47. The molecule has 32 heavy (non-hydrogen) atoms. The molecule has 1 aliphatic carbocycles. The minimum atomic E-state index is -0.625. The van der Waals surface area contributed by atoms with Crippen LogP contribution in [0.15, 0.2) is 30.5 Å². The van der Waals surface area contributed by atoms with Crippen LogP contribution in [0.25, 0.3) is 5.69 Å². The van der Waals surface area contributed by atoms with Crippen molar-refractivity contribution in [1.82, 2.24) is 14.4 Å². The highest BCUT2D eigenvalue weighted by atomic mass is 16.5. The first kappa shape index (κ1) is 21.9. The average molecular weight is 436 g/mol. The van der Waals surface area contributed by atoms with Crippen LogP contribution in [-0.2, 0) is 4.74 Å². The maximum absolute atomic E-state index is 13.0. The fraction of sp³-hybridized carbons (Fsp3) is 0.458. The lowest BCUT2D eigenvalue weighted by Crippen LogP contribution is -2.52. The zero-order valence-electron chi connectivity index (χ0n) is 18.4. The van der Waals surface area contributed by atoms with Crippen molar-refractivity contribution < 1.29 is 14.3 Å². The summed E-state index contributed by atoms with van der Waals surface area (Å²) < 4.78 is 6.34. The van der Waals surface area contributed by atoms with Gasteiger partial charge in [0.2, 0.25) is 0 Å². The number of amides is 1. The van der Waals surface area contributed by atoms with Gasteiger partial charge in [0.05, 0.1) is 18.4 Å². The second kappa shape index (κ2) is 9.45. The molecule has 2 fully saturated rings. The van der Waals surface area contributed by atoms with Gasteiger partial charge < -0.3 is 19.9 Å². The Morgan fingerprint density at radius 3 is 2.31 bits per heavy atom. The fourth-order valence-electron chi connectivity index (χ4n) is 4.80. The summed E-state index contributed by atoms with van der Waals surface area (Å²) in [7, 11) is 1.26. The van der Waals surface area contributed by atoms with Crippen molar-refractivity contribution >= 4 is 17.6 Å². The number of nitrogen functional groups attached to an aromatic ring is 1. The third-order valence-corrected chi connectivity index (χ3v) is 6.63. The molecular weight excluding hydrogens is 406 g/mol. The number of rotatable bonds is 4. The number of anilines is 1. The molecule has 168 valence electrons. The van der Waals surface area contributed by atoms with Gasteiger partial charge in [-0.1, -0.05) is 19.3 Å². The maximum atomic E-state index is 13.0. The first-order chi connectivity index (χ1) is 15.5. The van der Waals surface area contributed by atoms with E-state index in [4.69, 9.17) is 10.5 Å². The Hall–Kier alpha value is -3.31. The van der Waals surface area contributed by atoms with Crippen LogP contribution < -0.4 is 5.73 Å². The van der Waals surface area contributed by atoms with Gasteiger partial charge in [0.1, 0.15) is 6.07 Å². The van der Waals surface area contributed by atoms with E-state index in [1.54, 1.807) is 24.3 Å². The van der Waals surface area contributed by atoms with Crippen LogP contribution >= 0.6 is 0 Å². The fourth-order valence-corrected chi connectivity index (χ4v) is 4.80. The summed E-state index contributed by atoms with van der Waals surface area (Å²) in [6.45, 7) is 3.33. The quantitative estimate of drug-likeness (QED) is 0.741. The molecule has 1 saturated heterocycles. The number of methoxy groups -OCH3 is 1. The first-order valence-corrected chi connectivity index (χ1v) is 11.2. The summed E-state index contributed by atoms with van der Waals surface area (Å²) in [5, 5.41) is 9.27. The number of nitrogens with two attached hydrogens (primary N) is 1. The number of carbonyl (C=O) groups is 2. The van der Waals surface area contributed by atoms with Crippen LogP contribution in [0.3, 0.4) is 0 Å². The van der Waals surface area contributed by atoms with Crippen LogP contribution in [0.1, 0.15) is 58.5 Å². The summed E-state index contributed by atoms with van der Waals surface area (Å²) in [4.78, 5) is 29.7. The third kappa shape index (κ3) is 4.21. The van der Waals surface area contributed by atoms with E-state index in [0.717, 1.165) is 26.2 Å². The van der Waals surface area contributed by atoms with Gasteiger partial charge in [0, 0.05) is 49.7 Å². The second-order valence-electron chi connectivity index (χ2n) is 8.45. The van der Waals surface area contributed by atoms with Crippen LogP contribution in [0.5, 0.6) is 0 Å². The number of aromatic nitrogens is 1. The van der Waals surface area contributed by atoms with Crippen LogP contribution in [0.4, 0.5) is 5.69 Å². The number of esters is 1. The van der Waals surface area contributed by atoms with Crippen molar-refractivity contribution in [1.29, 1.82) is 5.26 Å². The summed E-state index contributed by atoms with van der Waals surface area (Å²) in [5.41, 5.74) is 7.55. The number of hydrogen-bond donors (Lipinski definition) is 1. The molecule has 1 aromatic heterocycles. The highest BCUT2D eigenvalue weighted by Crippen LogP contribution is 2.26. The van der Waals surface area contributed by atoms with E-state index in [2.05, 4.69) is 4.90 Å². The van der Waals surface area contributed by atoms with E-state index in [0.29, 0.717) is 17.3 Å². The molecule has 1 aromatic carbocycles. The van der Waals surface area contributed by atoms with Gasteiger partial charge in [-0.05, 0) is 37.1 Å².